The molecule has 0 amide bonds. The fraction of sp³-hybridized carbons (Fsp3) is 0.105. The Bertz CT molecular complexity index is 1010. The van der Waals surface area contributed by atoms with Gasteiger partial charge in [0.15, 0.2) is 11.5 Å². The van der Waals surface area contributed by atoms with Gasteiger partial charge < -0.3 is 9.47 Å². The lowest BCUT2D eigenvalue weighted by Crippen LogP contribution is -2.30. The lowest BCUT2D eigenvalue weighted by atomic mass is 10.2. The van der Waals surface area contributed by atoms with Crippen LogP contribution in [0.5, 0.6) is 11.5 Å². The summed E-state index contributed by atoms with van der Waals surface area (Å²) in [5.41, 5.74) is 1.37. The molecule has 7 heteroatoms. The molecule has 0 spiro atoms. The minimum Gasteiger partial charge on any atom is -0.454 e. The molecule has 2 aromatic carbocycles. The van der Waals surface area contributed by atoms with E-state index in [1.54, 1.807) is 48.8 Å². The van der Waals surface area contributed by atoms with Crippen molar-refractivity contribution in [3.63, 3.8) is 0 Å². The summed E-state index contributed by atoms with van der Waals surface area (Å²) < 4.78 is 38.6. The van der Waals surface area contributed by atoms with Gasteiger partial charge in [-0.2, -0.15) is 0 Å². The smallest absolute Gasteiger partial charge is 0.264 e. The van der Waals surface area contributed by atoms with E-state index in [4.69, 9.17) is 9.47 Å². The number of benzene rings is 2. The summed E-state index contributed by atoms with van der Waals surface area (Å²) in [6.07, 6.45) is 3.31. The molecule has 0 saturated heterocycles. The minimum absolute atomic E-state index is 0.0942. The number of hydrogen-bond acceptors (Lipinski definition) is 5. The van der Waals surface area contributed by atoms with E-state index in [0.29, 0.717) is 17.2 Å². The molecule has 0 atom stereocenters. The second kappa shape index (κ2) is 6.68. The Morgan fingerprint density at radius 1 is 0.962 bits per heavy atom. The van der Waals surface area contributed by atoms with Gasteiger partial charge in [0.05, 0.1) is 17.1 Å². The normalized spacial score (nSPS) is 12.8. The second-order valence-corrected chi connectivity index (χ2v) is 7.59. The predicted octanol–water partition coefficient (Wildman–Crippen LogP) is 3.21. The maximum absolute atomic E-state index is 13.3. The van der Waals surface area contributed by atoms with E-state index in [1.807, 2.05) is 12.1 Å². The molecule has 3 aromatic rings. The number of ether oxygens (including phenoxy) is 2. The van der Waals surface area contributed by atoms with Gasteiger partial charge in [0.1, 0.15) is 0 Å². The van der Waals surface area contributed by atoms with Crippen LogP contribution in [0.25, 0.3) is 0 Å². The zero-order valence-electron chi connectivity index (χ0n) is 13.8. The maximum atomic E-state index is 13.3. The molecule has 0 radical (unpaired) electrons. The first-order chi connectivity index (χ1) is 12.6. The van der Waals surface area contributed by atoms with Gasteiger partial charge in [-0.3, -0.25) is 9.29 Å². The summed E-state index contributed by atoms with van der Waals surface area (Å²) in [6.45, 7) is 0.269. The molecule has 0 fully saturated rings. The topological polar surface area (TPSA) is 68.7 Å². The highest BCUT2D eigenvalue weighted by Gasteiger charge is 2.27. The van der Waals surface area contributed by atoms with Crippen LogP contribution in [0.1, 0.15) is 5.56 Å². The summed E-state index contributed by atoms with van der Waals surface area (Å²) in [5, 5.41) is 0. The van der Waals surface area contributed by atoms with E-state index < -0.39 is 10.0 Å². The number of para-hydroxylation sites is 1. The summed E-state index contributed by atoms with van der Waals surface area (Å²) >= 11 is 0. The fourth-order valence-electron chi connectivity index (χ4n) is 2.73. The molecule has 132 valence electrons. The Kier molecular flexibility index (Phi) is 4.22. The summed E-state index contributed by atoms with van der Waals surface area (Å²) in [6, 6.07) is 17.3. The fourth-order valence-corrected chi connectivity index (χ4v) is 4.20. The molecular weight excluding hydrogens is 352 g/mol. The number of aromatic nitrogens is 1. The molecule has 0 unspecified atom stereocenters. The van der Waals surface area contributed by atoms with Crippen LogP contribution in [0.3, 0.4) is 0 Å². The van der Waals surface area contributed by atoms with Gasteiger partial charge in [-0.25, -0.2) is 8.42 Å². The maximum Gasteiger partial charge on any atom is 0.264 e. The van der Waals surface area contributed by atoms with Crippen LogP contribution in [0.15, 0.2) is 78.0 Å². The molecular formula is C19H16N2O4S. The van der Waals surface area contributed by atoms with Crippen molar-refractivity contribution >= 4 is 15.7 Å². The lowest BCUT2D eigenvalue weighted by Gasteiger charge is -2.24. The van der Waals surface area contributed by atoms with E-state index in [-0.39, 0.29) is 18.2 Å². The van der Waals surface area contributed by atoms with E-state index in [2.05, 4.69) is 4.98 Å². The lowest BCUT2D eigenvalue weighted by molar-refractivity contribution is 0.174. The highest BCUT2D eigenvalue weighted by molar-refractivity contribution is 7.92. The summed E-state index contributed by atoms with van der Waals surface area (Å²) in [7, 11) is -3.80. The Morgan fingerprint density at radius 3 is 2.54 bits per heavy atom. The zero-order valence-corrected chi connectivity index (χ0v) is 14.6. The molecule has 1 aliphatic rings. The van der Waals surface area contributed by atoms with E-state index in [1.165, 1.54) is 16.4 Å². The Labute approximate surface area is 151 Å². The largest absolute Gasteiger partial charge is 0.454 e. The van der Waals surface area contributed by atoms with Gasteiger partial charge in [0.2, 0.25) is 6.79 Å². The quantitative estimate of drug-likeness (QED) is 0.692. The van der Waals surface area contributed by atoms with Crippen molar-refractivity contribution < 1.29 is 17.9 Å². The second-order valence-electron chi connectivity index (χ2n) is 5.72. The zero-order chi connectivity index (χ0) is 18.0. The molecule has 2 heterocycles. The van der Waals surface area contributed by atoms with Crippen molar-refractivity contribution in [1.29, 1.82) is 0 Å². The number of sulfonamides is 1. The van der Waals surface area contributed by atoms with Gasteiger partial charge in [-0.15, -0.1) is 0 Å². The van der Waals surface area contributed by atoms with Crippen molar-refractivity contribution in [3.8, 4) is 11.5 Å². The van der Waals surface area contributed by atoms with Crippen molar-refractivity contribution in [2.45, 2.75) is 11.4 Å². The first-order valence-electron chi connectivity index (χ1n) is 8.01. The van der Waals surface area contributed by atoms with E-state index in [0.717, 1.165) is 5.56 Å². The molecule has 0 bridgehead atoms. The third-order valence-electron chi connectivity index (χ3n) is 4.03. The standard InChI is InChI=1S/C19H16N2O4S/c22-26(23,17-8-9-18-19(11-17)25-14-24-18)21(16-6-2-1-3-7-16)13-15-5-4-10-20-12-15/h1-12H,13-14H2. The van der Waals surface area contributed by atoms with Gasteiger partial charge in [0, 0.05) is 18.5 Å². The molecule has 0 aliphatic carbocycles. The predicted molar refractivity (Wildman–Crippen MR) is 96.6 cm³/mol. The average molecular weight is 368 g/mol. The summed E-state index contributed by atoms with van der Waals surface area (Å²) in [5.74, 6) is 0.975. The molecule has 0 N–H and O–H groups in total. The first-order valence-corrected chi connectivity index (χ1v) is 9.45. The van der Waals surface area contributed by atoms with Crippen LogP contribution >= 0.6 is 0 Å². The van der Waals surface area contributed by atoms with Gasteiger partial charge in [-0.1, -0.05) is 24.3 Å². The Morgan fingerprint density at radius 2 is 1.77 bits per heavy atom. The van der Waals surface area contributed by atoms with E-state index in [9.17, 15) is 8.42 Å². The van der Waals surface area contributed by atoms with Crippen LogP contribution in [-0.2, 0) is 16.6 Å². The van der Waals surface area contributed by atoms with Gasteiger partial charge >= 0.3 is 0 Å². The number of fused-ring (bicyclic) bond motifs is 1. The molecule has 26 heavy (non-hydrogen) atoms. The number of pyridine rings is 1. The van der Waals surface area contributed by atoms with Crippen molar-refractivity contribution in [2.24, 2.45) is 0 Å². The Balaban J connectivity index is 1.77. The molecule has 6 nitrogen and oxygen atoms in total. The van der Waals surface area contributed by atoms with Crippen LogP contribution < -0.4 is 13.8 Å². The Hall–Kier alpha value is -3.06. The third kappa shape index (κ3) is 3.09. The van der Waals surface area contributed by atoms with Crippen LogP contribution in [0.2, 0.25) is 0 Å². The molecule has 1 aromatic heterocycles. The van der Waals surface area contributed by atoms with Crippen LogP contribution in [0.4, 0.5) is 5.69 Å². The van der Waals surface area contributed by atoms with Gasteiger partial charge in [0.25, 0.3) is 10.0 Å². The highest BCUT2D eigenvalue weighted by Crippen LogP contribution is 2.35. The average Bonchev–Trinajstić information content (AvgIpc) is 3.15. The molecule has 4 rings (SSSR count). The van der Waals surface area contributed by atoms with Crippen molar-refractivity contribution in [3.05, 3.63) is 78.6 Å². The van der Waals surface area contributed by atoms with Crippen molar-refractivity contribution in [2.75, 3.05) is 11.1 Å². The first kappa shape index (κ1) is 16.4. The minimum atomic E-state index is -3.80. The molecule has 0 saturated carbocycles. The van der Waals surface area contributed by atoms with Gasteiger partial charge in [-0.05, 0) is 35.9 Å². The van der Waals surface area contributed by atoms with Crippen LogP contribution in [-0.4, -0.2) is 20.2 Å². The number of rotatable bonds is 5. The number of anilines is 1. The monoisotopic (exact) mass is 368 g/mol. The SMILES string of the molecule is O=S(=O)(c1ccc2c(c1)OCO2)N(Cc1cccnc1)c1ccccc1. The number of hydrogen-bond donors (Lipinski definition) is 0. The highest BCUT2D eigenvalue weighted by atomic mass is 32.2. The van der Waals surface area contributed by atoms with E-state index >= 15 is 0 Å². The van der Waals surface area contributed by atoms with Crippen LogP contribution in [0, 0.1) is 0 Å². The van der Waals surface area contributed by atoms with Crippen molar-refractivity contribution in [1.82, 2.24) is 4.98 Å². The summed E-state index contributed by atoms with van der Waals surface area (Å²) in [4.78, 5) is 4.22. The number of nitrogens with zero attached hydrogens (tertiary/aromatic N) is 2. The third-order valence-corrected chi connectivity index (χ3v) is 5.80. The molecule has 1 aliphatic heterocycles.